The Balaban J connectivity index is 1.57. The van der Waals surface area contributed by atoms with Crippen LogP contribution in [-0.4, -0.2) is 35.8 Å². The Bertz CT molecular complexity index is 591. The second kappa shape index (κ2) is 7.34. The molecule has 1 saturated heterocycles. The SMILES string of the molecule is CC1CCN(C(=O)c2ccc(NC(=O)C3CCC(N)C3)cc2)CC1. The predicted molar refractivity (Wildman–Crippen MR) is 94.7 cm³/mol. The van der Waals surface area contributed by atoms with E-state index in [4.69, 9.17) is 5.73 Å². The van der Waals surface area contributed by atoms with Crippen molar-refractivity contribution in [1.82, 2.24) is 4.90 Å². The summed E-state index contributed by atoms with van der Waals surface area (Å²) in [6.07, 6.45) is 4.68. The number of anilines is 1. The zero-order valence-electron chi connectivity index (χ0n) is 14.3. The molecule has 3 N–H and O–H groups in total. The van der Waals surface area contributed by atoms with Crippen LogP contribution < -0.4 is 11.1 Å². The molecule has 2 unspecified atom stereocenters. The second-order valence-corrected chi connectivity index (χ2v) is 7.31. The molecule has 2 atom stereocenters. The van der Waals surface area contributed by atoms with Gasteiger partial charge in [-0.05, 0) is 62.3 Å². The van der Waals surface area contributed by atoms with Crippen LogP contribution in [0.3, 0.4) is 0 Å². The fourth-order valence-electron chi connectivity index (χ4n) is 3.59. The maximum atomic E-state index is 12.5. The van der Waals surface area contributed by atoms with Crippen LogP contribution in [0.4, 0.5) is 5.69 Å². The van der Waals surface area contributed by atoms with Crippen molar-refractivity contribution in [3.8, 4) is 0 Å². The molecule has 0 aromatic heterocycles. The second-order valence-electron chi connectivity index (χ2n) is 7.31. The van der Waals surface area contributed by atoms with Gasteiger partial charge in [-0.1, -0.05) is 6.92 Å². The number of nitrogens with zero attached hydrogens (tertiary/aromatic N) is 1. The summed E-state index contributed by atoms with van der Waals surface area (Å²) in [4.78, 5) is 26.6. The summed E-state index contributed by atoms with van der Waals surface area (Å²) in [5.41, 5.74) is 7.29. The molecule has 2 amide bonds. The van der Waals surface area contributed by atoms with Crippen molar-refractivity contribution in [3.63, 3.8) is 0 Å². The van der Waals surface area contributed by atoms with E-state index in [0.717, 1.165) is 50.9 Å². The molecule has 2 aliphatic rings. The molecule has 0 spiro atoms. The van der Waals surface area contributed by atoms with Crippen molar-refractivity contribution in [1.29, 1.82) is 0 Å². The number of nitrogens with two attached hydrogens (primary N) is 1. The molecule has 1 aromatic carbocycles. The first-order valence-electron chi connectivity index (χ1n) is 8.98. The van der Waals surface area contributed by atoms with Crippen molar-refractivity contribution < 1.29 is 9.59 Å². The molecule has 24 heavy (non-hydrogen) atoms. The number of benzene rings is 1. The lowest BCUT2D eigenvalue weighted by atomic mass is 9.98. The Kier molecular flexibility index (Phi) is 5.19. The highest BCUT2D eigenvalue weighted by atomic mass is 16.2. The van der Waals surface area contributed by atoms with Gasteiger partial charge in [0.05, 0.1) is 0 Å². The van der Waals surface area contributed by atoms with Crippen LogP contribution in [0.15, 0.2) is 24.3 Å². The van der Waals surface area contributed by atoms with E-state index in [1.165, 1.54) is 0 Å². The summed E-state index contributed by atoms with van der Waals surface area (Å²) < 4.78 is 0. The Labute approximate surface area is 143 Å². The molecule has 0 radical (unpaired) electrons. The molecule has 3 rings (SSSR count). The lowest BCUT2D eigenvalue weighted by molar-refractivity contribution is -0.119. The maximum absolute atomic E-state index is 12.5. The molecule has 2 fully saturated rings. The van der Waals surface area contributed by atoms with E-state index >= 15 is 0 Å². The van der Waals surface area contributed by atoms with Gasteiger partial charge in [-0.15, -0.1) is 0 Å². The van der Waals surface area contributed by atoms with E-state index < -0.39 is 0 Å². The van der Waals surface area contributed by atoms with E-state index in [0.29, 0.717) is 11.5 Å². The Hall–Kier alpha value is -1.88. The Morgan fingerprint density at radius 2 is 1.75 bits per heavy atom. The minimum atomic E-state index is 0.0108. The fourth-order valence-corrected chi connectivity index (χ4v) is 3.59. The van der Waals surface area contributed by atoms with Crippen LogP contribution in [0, 0.1) is 11.8 Å². The smallest absolute Gasteiger partial charge is 0.253 e. The van der Waals surface area contributed by atoms with Crippen molar-refractivity contribution in [2.45, 2.75) is 45.1 Å². The van der Waals surface area contributed by atoms with Gasteiger partial charge in [-0.25, -0.2) is 0 Å². The van der Waals surface area contributed by atoms with Gasteiger partial charge < -0.3 is 16.0 Å². The number of carbonyl (C=O) groups is 2. The summed E-state index contributed by atoms with van der Waals surface area (Å²) in [5, 5.41) is 2.94. The number of likely N-dealkylation sites (tertiary alicyclic amines) is 1. The minimum Gasteiger partial charge on any atom is -0.339 e. The largest absolute Gasteiger partial charge is 0.339 e. The van der Waals surface area contributed by atoms with E-state index in [1.54, 1.807) is 12.1 Å². The number of hydrogen-bond acceptors (Lipinski definition) is 3. The van der Waals surface area contributed by atoms with E-state index in [1.807, 2.05) is 17.0 Å². The minimum absolute atomic E-state index is 0.0108. The number of carbonyl (C=O) groups excluding carboxylic acids is 2. The molecule has 1 aliphatic heterocycles. The number of nitrogens with one attached hydrogen (secondary N) is 1. The normalized spacial score (nSPS) is 24.8. The molecule has 130 valence electrons. The van der Waals surface area contributed by atoms with Gasteiger partial charge >= 0.3 is 0 Å². The van der Waals surface area contributed by atoms with Gasteiger partial charge in [0.1, 0.15) is 0 Å². The highest BCUT2D eigenvalue weighted by molar-refractivity contribution is 5.96. The number of hydrogen-bond donors (Lipinski definition) is 2. The molecule has 5 heteroatoms. The molecule has 5 nitrogen and oxygen atoms in total. The summed E-state index contributed by atoms with van der Waals surface area (Å²) in [7, 11) is 0. The average molecular weight is 329 g/mol. The van der Waals surface area contributed by atoms with Crippen LogP contribution in [0.1, 0.15) is 49.4 Å². The zero-order valence-corrected chi connectivity index (χ0v) is 14.3. The first-order valence-corrected chi connectivity index (χ1v) is 8.98. The molecule has 1 aliphatic carbocycles. The first kappa shape index (κ1) is 17.0. The topological polar surface area (TPSA) is 75.4 Å². The zero-order chi connectivity index (χ0) is 17.1. The van der Waals surface area contributed by atoms with Crippen LogP contribution in [0.25, 0.3) is 0 Å². The van der Waals surface area contributed by atoms with E-state index in [-0.39, 0.29) is 23.8 Å². The summed E-state index contributed by atoms with van der Waals surface area (Å²) in [6.45, 7) is 3.90. The fraction of sp³-hybridized carbons (Fsp3) is 0.579. The monoisotopic (exact) mass is 329 g/mol. The van der Waals surface area contributed by atoms with Gasteiger partial charge in [-0.3, -0.25) is 9.59 Å². The third kappa shape index (κ3) is 3.96. The van der Waals surface area contributed by atoms with Gasteiger partial charge in [0.15, 0.2) is 0 Å². The van der Waals surface area contributed by atoms with Crippen LogP contribution in [-0.2, 0) is 4.79 Å². The lowest BCUT2D eigenvalue weighted by Crippen LogP contribution is -2.37. The molecular formula is C19H27N3O2. The molecular weight excluding hydrogens is 302 g/mol. The van der Waals surface area contributed by atoms with E-state index in [2.05, 4.69) is 12.2 Å². The Morgan fingerprint density at radius 3 is 2.33 bits per heavy atom. The first-order chi connectivity index (χ1) is 11.5. The van der Waals surface area contributed by atoms with Crippen LogP contribution in [0.2, 0.25) is 0 Å². The third-order valence-corrected chi connectivity index (χ3v) is 5.31. The lowest BCUT2D eigenvalue weighted by Gasteiger charge is -2.30. The predicted octanol–water partition coefficient (Wildman–Crippen LogP) is 2.62. The van der Waals surface area contributed by atoms with Crippen molar-refractivity contribution >= 4 is 17.5 Å². The highest BCUT2D eigenvalue weighted by Crippen LogP contribution is 2.25. The van der Waals surface area contributed by atoms with Crippen LogP contribution in [0.5, 0.6) is 0 Å². The molecule has 1 aromatic rings. The molecule has 0 bridgehead atoms. The number of rotatable bonds is 3. The van der Waals surface area contributed by atoms with Crippen molar-refractivity contribution in [2.75, 3.05) is 18.4 Å². The third-order valence-electron chi connectivity index (χ3n) is 5.31. The summed E-state index contributed by atoms with van der Waals surface area (Å²) in [5.74, 6) is 0.834. The highest BCUT2D eigenvalue weighted by Gasteiger charge is 2.27. The van der Waals surface area contributed by atoms with Gasteiger partial charge in [0, 0.05) is 36.3 Å². The average Bonchev–Trinajstić information content (AvgIpc) is 3.02. The number of piperidine rings is 1. The summed E-state index contributed by atoms with van der Waals surface area (Å²) >= 11 is 0. The van der Waals surface area contributed by atoms with Crippen LogP contribution >= 0.6 is 0 Å². The van der Waals surface area contributed by atoms with Crippen molar-refractivity contribution in [2.24, 2.45) is 17.6 Å². The van der Waals surface area contributed by atoms with E-state index in [9.17, 15) is 9.59 Å². The van der Waals surface area contributed by atoms with Gasteiger partial charge in [0.2, 0.25) is 5.91 Å². The van der Waals surface area contributed by atoms with Gasteiger partial charge in [0.25, 0.3) is 5.91 Å². The molecule has 1 heterocycles. The Morgan fingerprint density at radius 1 is 1.08 bits per heavy atom. The van der Waals surface area contributed by atoms with Crippen molar-refractivity contribution in [3.05, 3.63) is 29.8 Å². The quantitative estimate of drug-likeness (QED) is 0.895. The molecule has 1 saturated carbocycles. The standard InChI is InChI=1S/C19H27N3O2/c1-13-8-10-22(11-9-13)19(24)14-3-6-17(7-4-14)21-18(23)15-2-5-16(20)12-15/h3-4,6-7,13,15-16H,2,5,8-12,20H2,1H3,(H,21,23). The number of amides is 2. The maximum Gasteiger partial charge on any atom is 0.253 e. The van der Waals surface area contributed by atoms with Gasteiger partial charge in [-0.2, -0.15) is 0 Å². The summed E-state index contributed by atoms with van der Waals surface area (Å²) in [6, 6.07) is 7.37.